The molecule has 3 rings (SSSR count). The molecule has 0 fully saturated rings. The number of sulfonamides is 1. The Bertz CT molecular complexity index is 1130. The van der Waals surface area contributed by atoms with Crippen molar-refractivity contribution in [2.24, 2.45) is 0 Å². The molecular weight excluding hydrogens is 360 g/mol. The molecule has 0 bridgehead atoms. The van der Waals surface area contributed by atoms with Crippen LogP contribution in [0.4, 0.5) is 0 Å². The van der Waals surface area contributed by atoms with Gasteiger partial charge < -0.3 is 4.74 Å². The number of aryl methyl sites for hydroxylation is 2. The maximum atomic E-state index is 12.6. The van der Waals surface area contributed by atoms with Crippen LogP contribution in [0.2, 0.25) is 0 Å². The van der Waals surface area contributed by atoms with E-state index in [0.29, 0.717) is 5.52 Å². The van der Waals surface area contributed by atoms with Crippen molar-refractivity contribution in [3.05, 3.63) is 65.9 Å². The number of nitrogens with one attached hydrogen (secondary N) is 1. The summed E-state index contributed by atoms with van der Waals surface area (Å²) in [6, 6.07) is 16.5. The Balaban J connectivity index is 1.65. The van der Waals surface area contributed by atoms with Crippen LogP contribution in [0.1, 0.15) is 11.3 Å². The molecule has 1 N–H and O–H groups in total. The maximum Gasteiger partial charge on any atom is 0.243 e. The molecule has 0 spiro atoms. The fraction of sp³-hybridized carbons (Fsp3) is 0.190. The molecule has 0 saturated heterocycles. The molecule has 0 atom stereocenters. The molecular formula is C21H20N2O3S. The van der Waals surface area contributed by atoms with Crippen molar-refractivity contribution in [2.45, 2.75) is 18.7 Å². The maximum absolute atomic E-state index is 12.6. The Hall–Kier alpha value is -2.88. The number of nitrogens with zero attached hydrogens (tertiary/aromatic N) is 1. The van der Waals surface area contributed by atoms with Crippen LogP contribution in [0, 0.1) is 25.7 Å². The average molecular weight is 380 g/mol. The molecule has 0 unspecified atom stereocenters. The molecule has 0 amide bonds. The van der Waals surface area contributed by atoms with Gasteiger partial charge in [0.2, 0.25) is 10.0 Å². The van der Waals surface area contributed by atoms with Crippen molar-refractivity contribution in [1.29, 1.82) is 0 Å². The Labute approximate surface area is 159 Å². The normalized spacial score (nSPS) is 11.0. The Kier molecular flexibility index (Phi) is 5.75. The minimum atomic E-state index is -3.71. The Morgan fingerprint density at radius 3 is 2.63 bits per heavy atom. The van der Waals surface area contributed by atoms with E-state index in [1.807, 2.05) is 56.3 Å². The van der Waals surface area contributed by atoms with Crippen molar-refractivity contribution >= 4 is 20.9 Å². The first kappa shape index (κ1) is 18.9. The molecule has 1 heterocycles. The predicted molar refractivity (Wildman–Crippen MR) is 106 cm³/mol. The summed E-state index contributed by atoms with van der Waals surface area (Å²) in [7, 11) is -3.71. The minimum Gasteiger partial charge on any atom is -0.481 e. The van der Waals surface area contributed by atoms with Gasteiger partial charge in [0.1, 0.15) is 17.3 Å². The highest BCUT2D eigenvalue weighted by atomic mass is 32.2. The van der Waals surface area contributed by atoms with E-state index in [9.17, 15) is 8.42 Å². The van der Waals surface area contributed by atoms with Crippen LogP contribution >= 0.6 is 0 Å². The lowest BCUT2D eigenvalue weighted by Crippen LogP contribution is -2.24. The molecule has 1 aromatic heterocycles. The summed E-state index contributed by atoms with van der Waals surface area (Å²) in [6.45, 7) is 3.98. The third-order valence-electron chi connectivity index (χ3n) is 3.98. The SMILES string of the molecule is Cc1ccc2cccc(S(=O)(=O)NCC#CCOc3ccccc3C)c2n1. The number of hydrogen-bond acceptors (Lipinski definition) is 4. The van der Waals surface area contributed by atoms with E-state index < -0.39 is 10.0 Å². The lowest BCUT2D eigenvalue weighted by molar-refractivity contribution is 0.367. The van der Waals surface area contributed by atoms with E-state index in [1.165, 1.54) is 0 Å². The number of pyridine rings is 1. The van der Waals surface area contributed by atoms with Gasteiger partial charge in [-0.3, -0.25) is 4.98 Å². The van der Waals surface area contributed by atoms with Gasteiger partial charge in [0, 0.05) is 11.1 Å². The quantitative estimate of drug-likeness (QED) is 0.690. The molecule has 0 aliphatic heterocycles. The zero-order valence-corrected chi connectivity index (χ0v) is 16.0. The van der Waals surface area contributed by atoms with Gasteiger partial charge in [0.05, 0.1) is 12.1 Å². The molecule has 0 saturated carbocycles. The second-order valence-corrected chi connectivity index (χ2v) is 7.75. The van der Waals surface area contributed by atoms with Crippen LogP contribution in [0.3, 0.4) is 0 Å². The number of ether oxygens (including phenoxy) is 1. The molecule has 2 aromatic carbocycles. The average Bonchev–Trinajstić information content (AvgIpc) is 2.65. The van der Waals surface area contributed by atoms with Crippen LogP contribution in [0.15, 0.2) is 59.5 Å². The van der Waals surface area contributed by atoms with E-state index in [4.69, 9.17) is 4.74 Å². The third-order valence-corrected chi connectivity index (χ3v) is 5.41. The number of fused-ring (bicyclic) bond motifs is 1. The van der Waals surface area contributed by atoms with Crippen LogP contribution in [-0.4, -0.2) is 26.6 Å². The molecule has 5 nitrogen and oxygen atoms in total. The lowest BCUT2D eigenvalue weighted by Gasteiger charge is -2.08. The summed E-state index contributed by atoms with van der Waals surface area (Å²) < 4.78 is 33.3. The Morgan fingerprint density at radius 1 is 1.00 bits per heavy atom. The lowest BCUT2D eigenvalue weighted by atomic mass is 10.2. The molecule has 6 heteroatoms. The highest BCUT2D eigenvalue weighted by molar-refractivity contribution is 7.89. The van der Waals surface area contributed by atoms with E-state index >= 15 is 0 Å². The van der Waals surface area contributed by atoms with Crippen LogP contribution in [0.25, 0.3) is 10.9 Å². The van der Waals surface area contributed by atoms with Crippen LogP contribution in [0.5, 0.6) is 5.75 Å². The molecule has 0 aliphatic carbocycles. The van der Waals surface area contributed by atoms with Gasteiger partial charge in [-0.2, -0.15) is 4.72 Å². The van der Waals surface area contributed by atoms with Crippen molar-refractivity contribution in [1.82, 2.24) is 9.71 Å². The van der Waals surface area contributed by atoms with Gasteiger partial charge in [0.15, 0.2) is 0 Å². The summed E-state index contributed by atoms with van der Waals surface area (Å²) in [4.78, 5) is 4.52. The highest BCUT2D eigenvalue weighted by Crippen LogP contribution is 2.21. The number of benzene rings is 2. The largest absolute Gasteiger partial charge is 0.481 e. The molecule has 3 aromatic rings. The topological polar surface area (TPSA) is 68.3 Å². The van der Waals surface area contributed by atoms with Crippen molar-refractivity contribution in [3.8, 4) is 17.6 Å². The van der Waals surface area contributed by atoms with Gasteiger partial charge in [-0.15, -0.1) is 0 Å². The first-order chi connectivity index (χ1) is 13.0. The van der Waals surface area contributed by atoms with Crippen molar-refractivity contribution in [3.63, 3.8) is 0 Å². The molecule has 0 radical (unpaired) electrons. The molecule has 138 valence electrons. The van der Waals surface area contributed by atoms with Gasteiger partial charge >= 0.3 is 0 Å². The van der Waals surface area contributed by atoms with Gasteiger partial charge in [-0.25, -0.2) is 8.42 Å². The van der Waals surface area contributed by atoms with Gasteiger partial charge in [0.25, 0.3) is 0 Å². The summed E-state index contributed by atoms with van der Waals surface area (Å²) in [5.41, 5.74) is 2.25. The summed E-state index contributed by atoms with van der Waals surface area (Å²) in [6.07, 6.45) is 0. The Morgan fingerprint density at radius 2 is 1.81 bits per heavy atom. The van der Waals surface area contributed by atoms with E-state index in [1.54, 1.807) is 12.1 Å². The first-order valence-electron chi connectivity index (χ1n) is 8.47. The monoisotopic (exact) mass is 380 g/mol. The summed E-state index contributed by atoms with van der Waals surface area (Å²) in [5.74, 6) is 6.36. The van der Waals surface area contributed by atoms with Gasteiger partial charge in [-0.1, -0.05) is 48.2 Å². The van der Waals surface area contributed by atoms with Crippen molar-refractivity contribution < 1.29 is 13.2 Å². The van der Waals surface area contributed by atoms with E-state index in [0.717, 1.165) is 22.4 Å². The number of aromatic nitrogens is 1. The third kappa shape index (κ3) is 4.64. The number of para-hydroxylation sites is 2. The van der Waals surface area contributed by atoms with Crippen LogP contribution in [-0.2, 0) is 10.0 Å². The molecule has 27 heavy (non-hydrogen) atoms. The second kappa shape index (κ2) is 8.21. The molecule has 0 aliphatic rings. The fourth-order valence-electron chi connectivity index (χ4n) is 2.59. The zero-order chi connectivity index (χ0) is 19.3. The fourth-order valence-corrected chi connectivity index (χ4v) is 3.68. The smallest absolute Gasteiger partial charge is 0.243 e. The van der Waals surface area contributed by atoms with Crippen molar-refractivity contribution in [2.75, 3.05) is 13.2 Å². The minimum absolute atomic E-state index is 0.00166. The number of rotatable bonds is 5. The highest BCUT2D eigenvalue weighted by Gasteiger charge is 2.17. The number of hydrogen-bond donors (Lipinski definition) is 1. The van der Waals surface area contributed by atoms with Gasteiger partial charge in [-0.05, 0) is 37.6 Å². The second-order valence-electron chi connectivity index (χ2n) is 6.01. The summed E-state index contributed by atoms with van der Waals surface area (Å²) in [5, 5.41) is 0.779. The predicted octanol–water partition coefficient (Wildman–Crippen LogP) is 3.21. The van der Waals surface area contributed by atoms with E-state index in [2.05, 4.69) is 21.5 Å². The van der Waals surface area contributed by atoms with Crippen LogP contribution < -0.4 is 9.46 Å². The van der Waals surface area contributed by atoms with E-state index in [-0.39, 0.29) is 18.0 Å². The first-order valence-corrected chi connectivity index (χ1v) is 9.96. The summed E-state index contributed by atoms with van der Waals surface area (Å²) >= 11 is 0. The standard InChI is InChI=1S/C21H20N2O3S/c1-16-8-3-4-10-19(16)26-15-6-5-14-22-27(24,25)20-11-7-9-18-13-12-17(2)23-21(18)20/h3-4,7-13,22H,14-15H2,1-2H3. The zero-order valence-electron chi connectivity index (χ0n) is 15.2.